The number of rotatable bonds is 8. The molecule has 0 heterocycles. The molecule has 2 nitrogen and oxygen atoms in total. The number of nitrogens with one attached hydrogen (secondary N) is 2. The first-order valence-electron chi connectivity index (χ1n) is 6.72. The molecular formula is C15H26N2. The van der Waals surface area contributed by atoms with Crippen LogP contribution in [0.1, 0.15) is 31.4 Å². The third-order valence-corrected chi connectivity index (χ3v) is 3.08. The lowest BCUT2D eigenvalue weighted by Crippen LogP contribution is -2.36. The van der Waals surface area contributed by atoms with Crippen LogP contribution in [-0.2, 0) is 6.42 Å². The van der Waals surface area contributed by atoms with Gasteiger partial charge in [0.05, 0.1) is 0 Å². The SMILES string of the molecule is CCNCC(C)NCCCc1ccccc1C. The molecule has 1 aromatic rings. The van der Waals surface area contributed by atoms with Crippen molar-refractivity contribution in [3.63, 3.8) is 0 Å². The van der Waals surface area contributed by atoms with Gasteiger partial charge in [-0.1, -0.05) is 31.2 Å². The average molecular weight is 234 g/mol. The Hall–Kier alpha value is -0.860. The third-order valence-electron chi connectivity index (χ3n) is 3.08. The topological polar surface area (TPSA) is 24.1 Å². The first-order valence-corrected chi connectivity index (χ1v) is 6.72. The molecule has 0 bridgehead atoms. The van der Waals surface area contributed by atoms with Crippen LogP contribution in [0.4, 0.5) is 0 Å². The fourth-order valence-electron chi connectivity index (χ4n) is 1.95. The van der Waals surface area contributed by atoms with Gasteiger partial charge in [-0.15, -0.1) is 0 Å². The Morgan fingerprint density at radius 1 is 1.24 bits per heavy atom. The number of benzene rings is 1. The minimum Gasteiger partial charge on any atom is -0.315 e. The van der Waals surface area contributed by atoms with Crippen molar-refractivity contribution in [3.05, 3.63) is 35.4 Å². The first-order chi connectivity index (χ1) is 8.24. The molecule has 17 heavy (non-hydrogen) atoms. The molecule has 0 saturated carbocycles. The molecule has 0 aliphatic heterocycles. The van der Waals surface area contributed by atoms with Crippen molar-refractivity contribution in [2.24, 2.45) is 0 Å². The van der Waals surface area contributed by atoms with Gasteiger partial charge in [0.15, 0.2) is 0 Å². The lowest BCUT2D eigenvalue weighted by Gasteiger charge is -2.14. The molecule has 0 aliphatic carbocycles. The van der Waals surface area contributed by atoms with E-state index >= 15 is 0 Å². The highest BCUT2D eigenvalue weighted by molar-refractivity contribution is 5.25. The zero-order valence-corrected chi connectivity index (χ0v) is 11.4. The lowest BCUT2D eigenvalue weighted by molar-refractivity contribution is 0.502. The van der Waals surface area contributed by atoms with Crippen LogP contribution in [0, 0.1) is 6.92 Å². The van der Waals surface area contributed by atoms with Crippen LogP contribution in [-0.4, -0.2) is 25.7 Å². The molecule has 1 atom stereocenters. The molecule has 1 rings (SSSR count). The molecule has 2 N–H and O–H groups in total. The summed E-state index contributed by atoms with van der Waals surface area (Å²) in [4.78, 5) is 0. The Morgan fingerprint density at radius 2 is 2.00 bits per heavy atom. The second-order valence-corrected chi connectivity index (χ2v) is 4.69. The van der Waals surface area contributed by atoms with Gasteiger partial charge >= 0.3 is 0 Å². The monoisotopic (exact) mass is 234 g/mol. The standard InChI is InChI=1S/C15H26N2/c1-4-16-12-14(3)17-11-7-10-15-9-6-5-8-13(15)2/h5-6,8-9,14,16-17H,4,7,10-12H2,1-3H3. The molecule has 0 radical (unpaired) electrons. The van der Waals surface area contributed by atoms with Gasteiger partial charge in [-0.25, -0.2) is 0 Å². The third kappa shape index (κ3) is 5.85. The fourth-order valence-corrected chi connectivity index (χ4v) is 1.95. The van der Waals surface area contributed by atoms with E-state index in [1.807, 2.05) is 0 Å². The second kappa shape index (κ2) is 8.26. The highest BCUT2D eigenvalue weighted by Gasteiger charge is 2.00. The summed E-state index contributed by atoms with van der Waals surface area (Å²) in [6.07, 6.45) is 2.38. The lowest BCUT2D eigenvalue weighted by atomic mass is 10.0. The van der Waals surface area contributed by atoms with Gasteiger partial charge in [0, 0.05) is 12.6 Å². The molecule has 0 fully saturated rings. The van der Waals surface area contributed by atoms with E-state index < -0.39 is 0 Å². The van der Waals surface area contributed by atoms with Crippen LogP contribution < -0.4 is 10.6 Å². The van der Waals surface area contributed by atoms with Crippen LogP contribution in [0.2, 0.25) is 0 Å². The molecule has 0 aliphatic rings. The first kappa shape index (κ1) is 14.2. The number of hydrogen-bond acceptors (Lipinski definition) is 2. The van der Waals surface area contributed by atoms with E-state index in [0.717, 1.165) is 19.6 Å². The minimum atomic E-state index is 0.562. The number of aryl methyl sites for hydroxylation is 2. The maximum absolute atomic E-state index is 3.54. The molecular weight excluding hydrogens is 208 g/mol. The van der Waals surface area contributed by atoms with E-state index in [0.29, 0.717) is 6.04 Å². The average Bonchev–Trinajstić information content (AvgIpc) is 2.34. The largest absolute Gasteiger partial charge is 0.315 e. The summed E-state index contributed by atoms with van der Waals surface area (Å²) in [6.45, 7) is 9.77. The van der Waals surface area contributed by atoms with E-state index in [-0.39, 0.29) is 0 Å². The second-order valence-electron chi connectivity index (χ2n) is 4.69. The van der Waals surface area contributed by atoms with Gasteiger partial charge in [0.1, 0.15) is 0 Å². The Morgan fingerprint density at radius 3 is 2.71 bits per heavy atom. The smallest absolute Gasteiger partial charge is 0.0164 e. The Bertz CT molecular complexity index is 310. The predicted octanol–water partition coefficient (Wildman–Crippen LogP) is 2.52. The highest BCUT2D eigenvalue weighted by Crippen LogP contribution is 2.08. The van der Waals surface area contributed by atoms with E-state index in [2.05, 4.69) is 55.7 Å². The fraction of sp³-hybridized carbons (Fsp3) is 0.600. The maximum Gasteiger partial charge on any atom is 0.0164 e. The van der Waals surface area contributed by atoms with Crippen molar-refractivity contribution < 1.29 is 0 Å². The summed E-state index contributed by atoms with van der Waals surface area (Å²) < 4.78 is 0. The van der Waals surface area contributed by atoms with Crippen molar-refractivity contribution >= 4 is 0 Å². The number of likely N-dealkylation sites (N-methyl/N-ethyl adjacent to an activating group) is 1. The summed E-state index contributed by atoms with van der Waals surface area (Å²) in [5.74, 6) is 0. The quantitative estimate of drug-likeness (QED) is 0.675. The molecule has 96 valence electrons. The van der Waals surface area contributed by atoms with Crippen molar-refractivity contribution in [2.45, 2.75) is 39.7 Å². The molecule has 0 aromatic heterocycles. The summed E-state index contributed by atoms with van der Waals surface area (Å²) in [5, 5.41) is 6.90. The van der Waals surface area contributed by atoms with Crippen LogP contribution in [0.5, 0.6) is 0 Å². The van der Waals surface area contributed by atoms with Crippen LogP contribution in [0.3, 0.4) is 0 Å². The van der Waals surface area contributed by atoms with E-state index in [9.17, 15) is 0 Å². The number of hydrogen-bond donors (Lipinski definition) is 2. The molecule has 0 saturated heterocycles. The molecule has 0 amide bonds. The highest BCUT2D eigenvalue weighted by atomic mass is 15.0. The summed E-state index contributed by atoms with van der Waals surface area (Å²) in [5.41, 5.74) is 2.89. The van der Waals surface area contributed by atoms with Crippen LogP contribution in [0.25, 0.3) is 0 Å². The van der Waals surface area contributed by atoms with Gasteiger partial charge in [-0.05, 0) is 50.9 Å². The zero-order chi connectivity index (χ0) is 12.5. The molecule has 2 heteroatoms. The van der Waals surface area contributed by atoms with Crippen LogP contribution >= 0.6 is 0 Å². The summed E-state index contributed by atoms with van der Waals surface area (Å²) in [6, 6.07) is 9.22. The van der Waals surface area contributed by atoms with E-state index in [4.69, 9.17) is 0 Å². The Labute approximate surface area is 106 Å². The predicted molar refractivity (Wildman–Crippen MR) is 75.5 cm³/mol. The summed E-state index contributed by atoms with van der Waals surface area (Å²) >= 11 is 0. The minimum absolute atomic E-state index is 0.562. The van der Waals surface area contributed by atoms with Crippen LogP contribution in [0.15, 0.2) is 24.3 Å². The zero-order valence-electron chi connectivity index (χ0n) is 11.4. The molecule has 1 unspecified atom stereocenters. The van der Waals surface area contributed by atoms with Crippen molar-refractivity contribution in [2.75, 3.05) is 19.6 Å². The van der Waals surface area contributed by atoms with Gasteiger partial charge in [-0.3, -0.25) is 0 Å². The van der Waals surface area contributed by atoms with E-state index in [1.54, 1.807) is 0 Å². The van der Waals surface area contributed by atoms with E-state index in [1.165, 1.54) is 24.0 Å². The van der Waals surface area contributed by atoms with Crippen molar-refractivity contribution in [1.29, 1.82) is 0 Å². The van der Waals surface area contributed by atoms with Crippen molar-refractivity contribution in [1.82, 2.24) is 10.6 Å². The maximum atomic E-state index is 3.54. The van der Waals surface area contributed by atoms with Gasteiger partial charge in [0.2, 0.25) is 0 Å². The molecule has 1 aromatic carbocycles. The Kier molecular flexibility index (Phi) is 6.90. The molecule has 0 spiro atoms. The Balaban J connectivity index is 2.14. The van der Waals surface area contributed by atoms with Gasteiger partial charge in [0.25, 0.3) is 0 Å². The normalized spacial score (nSPS) is 12.6. The van der Waals surface area contributed by atoms with Gasteiger partial charge in [-0.2, -0.15) is 0 Å². The van der Waals surface area contributed by atoms with Crippen molar-refractivity contribution in [3.8, 4) is 0 Å². The van der Waals surface area contributed by atoms with Gasteiger partial charge < -0.3 is 10.6 Å². The summed E-state index contributed by atoms with van der Waals surface area (Å²) in [7, 11) is 0.